The van der Waals surface area contributed by atoms with Gasteiger partial charge < -0.3 is 24.3 Å². The highest BCUT2D eigenvalue weighted by molar-refractivity contribution is 7.91. The molecule has 2 aliphatic heterocycles. The first-order valence-corrected chi connectivity index (χ1v) is 15.7. The van der Waals surface area contributed by atoms with E-state index in [1.54, 1.807) is 25.7 Å². The second kappa shape index (κ2) is 11.9. The normalized spacial score (nSPS) is 21.8. The summed E-state index contributed by atoms with van der Waals surface area (Å²) in [6.45, 7) is 17.2. The first-order chi connectivity index (χ1) is 18.3. The third-order valence-corrected chi connectivity index (χ3v) is 9.23. The van der Waals surface area contributed by atoms with Crippen LogP contribution in [-0.4, -0.2) is 83.6 Å². The standard InChI is InChI=1S/C27H45BN4O7S/c1-18(2)21(31-24(34)37-25(3,4)5)22(33)32-14-11-10-12-20(32)13-15-40(35,36)23-29-16-19(17-30-23)28-38-26(6,7)27(8,9)39-28/h16-18,20-21H,10-15H2,1-9H3,(H,31,34)/t20-,21-/m1/s1. The van der Waals surface area contributed by atoms with Crippen molar-refractivity contribution in [1.29, 1.82) is 0 Å². The molecule has 0 aromatic carbocycles. The Kier molecular flexibility index (Phi) is 9.63. The molecule has 40 heavy (non-hydrogen) atoms. The van der Waals surface area contributed by atoms with E-state index >= 15 is 0 Å². The van der Waals surface area contributed by atoms with Crippen molar-refractivity contribution >= 4 is 34.4 Å². The molecule has 0 unspecified atom stereocenters. The summed E-state index contributed by atoms with van der Waals surface area (Å²) in [6.07, 6.45) is 4.82. The van der Waals surface area contributed by atoms with Gasteiger partial charge in [0.25, 0.3) is 0 Å². The van der Waals surface area contributed by atoms with Gasteiger partial charge in [0.05, 0.1) is 17.0 Å². The molecule has 2 aliphatic rings. The molecule has 0 bridgehead atoms. The Balaban J connectivity index is 1.67. The molecule has 0 saturated carbocycles. The fourth-order valence-electron chi connectivity index (χ4n) is 4.69. The molecular weight excluding hydrogens is 535 g/mol. The summed E-state index contributed by atoms with van der Waals surface area (Å²) in [4.78, 5) is 35.9. The van der Waals surface area contributed by atoms with Crippen LogP contribution >= 0.6 is 0 Å². The number of rotatable bonds is 8. The highest BCUT2D eigenvalue weighted by Gasteiger charge is 2.52. The first-order valence-electron chi connectivity index (χ1n) is 14.0. The van der Waals surface area contributed by atoms with Crippen LogP contribution in [0.4, 0.5) is 4.79 Å². The Labute approximate surface area is 239 Å². The Bertz CT molecular complexity index is 1150. The van der Waals surface area contributed by atoms with Crippen molar-refractivity contribution in [2.75, 3.05) is 12.3 Å². The number of carbonyl (C=O) groups excluding carboxylic acids is 2. The maximum atomic E-state index is 13.6. The lowest BCUT2D eigenvalue weighted by Crippen LogP contribution is -2.56. The van der Waals surface area contributed by atoms with Crippen LogP contribution in [0.3, 0.4) is 0 Å². The summed E-state index contributed by atoms with van der Waals surface area (Å²) in [5, 5.41) is 2.45. The SMILES string of the molecule is CC(C)[C@@H](NC(=O)OC(C)(C)C)C(=O)N1CCCC[C@@H]1CCS(=O)(=O)c1ncc(B2OC(C)(C)C(C)(C)O2)cn1. The van der Waals surface area contributed by atoms with Gasteiger partial charge in [-0.25, -0.2) is 23.2 Å². The van der Waals surface area contributed by atoms with Crippen molar-refractivity contribution in [3.05, 3.63) is 12.4 Å². The van der Waals surface area contributed by atoms with Crippen LogP contribution in [0.5, 0.6) is 0 Å². The van der Waals surface area contributed by atoms with E-state index in [1.165, 1.54) is 12.4 Å². The second-order valence-electron chi connectivity index (χ2n) is 13.0. The Morgan fingerprint density at radius 1 is 1.12 bits per heavy atom. The van der Waals surface area contributed by atoms with E-state index in [1.807, 2.05) is 41.5 Å². The molecule has 2 amide bonds. The lowest BCUT2D eigenvalue weighted by atomic mass is 9.81. The molecule has 0 spiro atoms. The molecule has 13 heteroatoms. The maximum absolute atomic E-state index is 13.6. The number of aromatic nitrogens is 2. The van der Waals surface area contributed by atoms with Gasteiger partial charge in [0.1, 0.15) is 11.6 Å². The molecule has 11 nitrogen and oxygen atoms in total. The number of hydrogen-bond acceptors (Lipinski definition) is 9. The molecular formula is C27H45BN4O7S. The van der Waals surface area contributed by atoms with Crippen LogP contribution < -0.4 is 10.8 Å². The molecule has 224 valence electrons. The van der Waals surface area contributed by atoms with E-state index in [0.717, 1.165) is 12.8 Å². The minimum Gasteiger partial charge on any atom is -0.444 e. The number of alkyl carbamates (subject to hydrolysis) is 1. The predicted octanol–water partition coefficient (Wildman–Crippen LogP) is 2.87. The van der Waals surface area contributed by atoms with E-state index in [9.17, 15) is 18.0 Å². The predicted molar refractivity (Wildman–Crippen MR) is 152 cm³/mol. The average Bonchev–Trinajstić information content (AvgIpc) is 3.06. The first kappa shape index (κ1) is 32.3. The molecule has 2 saturated heterocycles. The fraction of sp³-hybridized carbons (Fsp3) is 0.778. The van der Waals surface area contributed by atoms with E-state index in [0.29, 0.717) is 18.4 Å². The lowest BCUT2D eigenvalue weighted by Gasteiger charge is -2.39. The Hall–Kier alpha value is -2.25. The molecule has 3 rings (SSSR count). The summed E-state index contributed by atoms with van der Waals surface area (Å²) in [5.74, 6) is -0.614. The third-order valence-electron chi connectivity index (χ3n) is 7.69. The smallest absolute Gasteiger partial charge is 0.444 e. The monoisotopic (exact) mass is 580 g/mol. The summed E-state index contributed by atoms with van der Waals surface area (Å²) >= 11 is 0. The number of sulfone groups is 1. The van der Waals surface area contributed by atoms with Gasteiger partial charge in [0, 0.05) is 30.4 Å². The van der Waals surface area contributed by atoms with Crippen LogP contribution in [0.1, 0.15) is 88.0 Å². The van der Waals surface area contributed by atoms with Gasteiger partial charge in [0.15, 0.2) is 0 Å². The van der Waals surface area contributed by atoms with Crippen LogP contribution in [0.15, 0.2) is 17.6 Å². The van der Waals surface area contributed by atoms with Gasteiger partial charge in [-0.2, -0.15) is 0 Å². The Morgan fingerprint density at radius 3 is 2.23 bits per heavy atom. The van der Waals surface area contributed by atoms with Gasteiger partial charge >= 0.3 is 13.2 Å². The van der Waals surface area contributed by atoms with Gasteiger partial charge in [-0.15, -0.1) is 0 Å². The lowest BCUT2D eigenvalue weighted by molar-refractivity contribution is -0.138. The van der Waals surface area contributed by atoms with Crippen molar-refractivity contribution in [2.24, 2.45) is 5.92 Å². The second-order valence-corrected chi connectivity index (χ2v) is 15.0. The van der Waals surface area contributed by atoms with Crippen LogP contribution in [0, 0.1) is 5.92 Å². The highest BCUT2D eigenvalue weighted by Crippen LogP contribution is 2.36. The van der Waals surface area contributed by atoms with Crippen LogP contribution in [0.25, 0.3) is 0 Å². The highest BCUT2D eigenvalue weighted by atomic mass is 32.2. The minimum atomic E-state index is -3.80. The summed E-state index contributed by atoms with van der Waals surface area (Å²) in [7, 11) is -4.49. The zero-order chi connectivity index (χ0) is 30.1. The molecule has 2 atom stereocenters. The molecule has 1 aromatic rings. The minimum absolute atomic E-state index is 0.179. The van der Waals surface area contributed by atoms with Gasteiger partial charge in [-0.3, -0.25) is 4.79 Å². The number of likely N-dealkylation sites (tertiary alicyclic amines) is 1. The number of piperidine rings is 1. The summed E-state index contributed by atoms with van der Waals surface area (Å²) in [6, 6.07) is -1.06. The van der Waals surface area contributed by atoms with Crippen molar-refractivity contribution in [3.63, 3.8) is 0 Å². The molecule has 1 N–H and O–H groups in total. The van der Waals surface area contributed by atoms with E-state index in [2.05, 4.69) is 15.3 Å². The molecule has 3 heterocycles. The number of amides is 2. The van der Waals surface area contributed by atoms with Gasteiger partial charge in [-0.1, -0.05) is 13.8 Å². The topological polar surface area (TPSA) is 137 Å². The van der Waals surface area contributed by atoms with Crippen molar-refractivity contribution in [2.45, 2.75) is 122 Å². The summed E-state index contributed by atoms with van der Waals surface area (Å²) in [5.41, 5.74) is -1.23. The number of nitrogens with one attached hydrogen (secondary N) is 1. The van der Waals surface area contributed by atoms with Crippen molar-refractivity contribution in [3.8, 4) is 0 Å². The molecule has 0 radical (unpaired) electrons. The van der Waals surface area contributed by atoms with Crippen LogP contribution in [-0.2, 0) is 28.7 Å². The number of hydrogen-bond donors (Lipinski definition) is 1. The zero-order valence-electron chi connectivity index (χ0n) is 25.3. The largest absolute Gasteiger partial charge is 0.498 e. The third kappa shape index (κ3) is 7.73. The van der Waals surface area contributed by atoms with Gasteiger partial charge in [-0.05, 0) is 80.1 Å². The van der Waals surface area contributed by atoms with Crippen molar-refractivity contribution < 1.29 is 32.1 Å². The maximum Gasteiger partial charge on any atom is 0.498 e. The van der Waals surface area contributed by atoms with E-state index in [4.69, 9.17) is 14.0 Å². The molecule has 2 fully saturated rings. The average molecular weight is 581 g/mol. The number of nitrogens with zero attached hydrogens (tertiary/aromatic N) is 3. The fourth-order valence-corrected chi connectivity index (χ4v) is 5.88. The van der Waals surface area contributed by atoms with E-state index < -0.39 is 45.9 Å². The zero-order valence-corrected chi connectivity index (χ0v) is 26.1. The summed E-state index contributed by atoms with van der Waals surface area (Å²) < 4.78 is 43.6. The Morgan fingerprint density at radius 2 is 1.70 bits per heavy atom. The number of ether oxygens (including phenoxy) is 1. The van der Waals surface area contributed by atoms with E-state index in [-0.39, 0.29) is 35.2 Å². The van der Waals surface area contributed by atoms with Crippen molar-refractivity contribution in [1.82, 2.24) is 20.2 Å². The molecule has 1 aromatic heterocycles. The van der Waals surface area contributed by atoms with Gasteiger partial charge in [0.2, 0.25) is 20.9 Å². The molecule has 0 aliphatic carbocycles. The number of carbonyl (C=O) groups is 2. The quantitative estimate of drug-likeness (QED) is 0.364. The van der Waals surface area contributed by atoms with Crippen LogP contribution in [0.2, 0.25) is 0 Å².